The zero-order chi connectivity index (χ0) is 29.2. The first-order chi connectivity index (χ1) is 22.3. The molecule has 3 nitrogen and oxygen atoms in total. The van der Waals surface area contributed by atoms with Crippen molar-refractivity contribution in [2.75, 3.05) is 0 Å². The van der Waals surface area contributed by atoms with Crippen molar-refractivity contribution in [2.24, 2.45) is 0 Å². The van der Waals surface area contributed by atoms with Crippen LogP contribution in [0.15, 0.2) is 152 Å². The molecule has 0 amide bonds. The minimum absolute atomic E-state index is 1.16. The van der Waals surface area contributed by atoms with E-state index in [4.69, 9.17) is 0 Å². The minimum atomic E-state index is 1.16. The molecular formula is C42H25N3. The van der Waals surface area contributed by atoms with Crippen LogP contribution in [-0.4, -0.2) is 13.4 Å². The molecule has 45 heavy (non-hydrogen) atoms. The molecule has 11 aromatic rings. The number of hydrogen-bond donors (Lipinski definition) is 0. The fraction of sp³-hybridized carbons (Fsp3) is 0. The Labute approximate surface area is 257 Å². The molecule has 4 heterocycles. The molecular weight excluding hydrogens is 546 g/mol. The molecule has 208 valence electrons. The summed E-state index contributed by atoms with van der Waals surface area (Å²) in [4.78, 5) is 0. The molecule has 0 aliphatic carbocycles. The number of aromatic nitrogens is 3. The van der Waals surface area contributed by atoms with Crippen LogP contribution in [0.1, 0.15) is 0 Å². The molecule has 0 N–H and O–H groups in total. The quantitative estimate of drug-likeness (QED) is 0.174. The summed E-state index contributed by atoms with van der Waals surface area (Å²) in [6, 6.07) is 55.8. The summed E-state index contributed by atoms with van der Waals surface area (Å²) in [5.41, 5.74) is 9.64. The predicted octanol–water partition coefficient (Wildman–Crippen LogP) is 11.1. The Balaban J connectivity index is 1.40. The minimum Gasteiger partial charge on any atom is -0.306 e. The van der Waals surface area contributed by atoms with Crippen LogP contribution < -0.4 is 0 Å². The molecule has 3 heteroatoms. The van der Waals surface area contributed by atoms with E-state index in [2.05, 4.69) is 165 Å². The van der Waals surface area contributed by atoms with Crippen LogP contribution in [0.4, 0.5) is 0 Å². The monoisotopic (exact) mass is 571 g/mol. The van der Waals surface area contributed by atoms with Crippen LogP contribution in [-0.2, 0) is 0 Å². The molecule has 0 saturated carbocycles. The number of benzene rings is 7. The van der Waals surface area contributed by atoms with E-state index in [9.17, 15) is 0 Å². The van der Waals surface area contributed by atoms with Crippen LogP contribution >= 0.6 is 0 Å². The first-order valence-electron chi connectivity index (χ1n) is 15.5. The van der Waals surface area contributed by atoms with Gasteiger partial charge < -0.3 is 4.57 Å². The van der Waals surface area contributed by atoms with E-state index in [1.165, 1.54) is 87.2 Å². The van der Waals surface area contributed by atoms with Crippen molar-refractivity contribution in [3.05, 3.63) is 152 Å². The zero-order valence-corrected chi connectivity index (χ0v) is 24.3. The van der Waals surface area contributed by atoms with Crippen LogP contribution in [0.3, 0.4) is 0 Å². The van der Waals surface area contributed by atoms with E-state index >= 15 is 0 Å². The fourth-order valence-corrected chi connectivity index (χ4v) is 8.10. The fourth-order valence-electron chi connectivity index (χ4n) is 8.10. The number of fused-ring (bicyclic) bond motifs is 18. The number of hydrogen-bond acceptors (Lipinski definition) is 0. The molecule has 0 unspecified atom stereocenters. The smallest absolute Gasteiger partial charge is 0.123 e. The lowest BCUT2D eigenvalue weighted by atomic mass is 9.94. The molecule has 0 atom stereocenters. The van der Waals surface area contributed by atoms with Gasteiger partial charge in [-0.15, -0.1) is 0 Å². The summed E-state index contributed by atoms with van der Waals surface area (Å²) in [5.74, 6) is 0. The maximum atomic E-state index is 2.50. The average Bonchev–Trinajstić information content (AvgIpc) is 3.78. The second kappa shape index (κ2) is 8.31. The van der Waals surface area contributed by atoms with Crippen molar-refractivity contribution >= 4 is 87.2 Å². The standard InChI is InChI=1S/C42H25N3/c1-8-18-36-26(11-1)23-39-42-41(45-37-19-9-2-12-27(37)24-40(45)44(36)39)34-17-7-10-20-38(34)43(42)28-21-22-33-31-15-4-3-13-29(31)30-14-5-6-16-32(30)35(33)25-28/h1-25H. The third kappa shape index (κ3) is 2.90. The van der Waals surface area contributed by atoms with Gasteiger partial charge in [0, 0.05) is 21.8 Å². The topological polar surface area (TPSA) is 13.8 Å². The van der Waals surface area contributed by atoms with Gasteiger partial charge in [0.15, 0.2) is 0 Å². The molecule has 0 fully saturated rings. The summed E-state index contributed by atoms with van der Waals surface area (Å²) >= 11 is 0. The normalized spacial score (nSPS) is 12.4. The van der Waals surface area contributed by atoms with E-state index in [-0.39, 0.29) is 0 Å². The summed E-state index contributed by atoms with van der Waals surface area (Å²) in [7, 11) is 0. The molecule has 0 aliphatic rings. The van der Waals surface area contributed by atoms with Crippen LogP contribution in [0.2, 0.25) is 0 Å². The number of para-hydroxylation sites is 3. The Bertz CT molecular complexity index is 3010. The van der Waals surface area contributed by atoms with E-state index in [1.54, 1.807) is 0 Å². The summed E-state index contributed by atoms with van der Waals surface area (Å²) in [6.07, 6.45) is 0. The SMILES string of the molecule is c1ccc2c(c1)cc1c3c(c4ccccc4n3-c3ccc4c5ccccc5c5ccccc5c4c3)n3c4ccccc4cc3n21. The maximum Gasteiger partial charge on any atom is 0.123 e. The molecule has 0 aliphatic heterocycles. The van der Waals surface area contributed by atoms with Crippen molar-refractivity contribution in [1.29, 1.82) is 0 Å². The van der Waals surface area contributed by atoms with Crippen molar-refractivity contribution in [3.8, 4) is 5.69 Å². The highest BCUT2D eigenvalue weighted by molar-refractivity contribution is 6.26. The average molecular weight is 572 g/mol. The van der Waals surface area contributed by atoms with E-state index in [1.807, 2.05) is 0 Å². The van der Waals surface area contributed by atoms with Crippen LogP contribution in [0.5, 0.6) is 0 Å². The van der Waals surface area contributed by atoms with Gasteiger partial charge >= 0.3 is 0 Å². The summed E-state index contributed by atoms with van der Waals surface area (Å²) in [5, 5.41) is 11.5. The van der Waals surface area contributed by atoms with Gasteiger partial charge in [-0.2, -0.15) is 0 Å². The highest BCUT2D eigenvalue weighted by Crippen LogP contribution is 2.42. The van der Waals surface area contributed by atoms with E-state index < -0.39 is 0 Å². The van der Waals surface area contributed by atoms with Crippen molar-refractivity contribution in [2.45, 2.75) is 0 Å². The third-order valence-corrected chi connectivity index (χ3v) is 9.93. The van der Waals surface area contributed by atoms with Gasteiger partial charge in [-0.1, -0.05) is 109 Å². The van der Waals surface area contributed by atoms with Gasteiger partial charge in [-0.3, -0.25) is 8.80 Å². The summed E-state index contributed by atoms with van der Waals surface area (Å²) in [6.45, 7) is 0. The molecule has 0 bridgehead atoms. The van der Waals surface area contributed by atoms with Crippen molar-refractivity contribution in [1.82, 2.24) is 13.4 Å². The zero-order valence-electron chi connectivity index (χ0n) is 24.3. The number of rotatable bonds is 1. The lowest BCUT2D eigenvalue weighted by molar-refractivity contribution is 1.15. The lowest BCUT2D eigenvalue weighted by Gasteiger charge is -2.14. The molecule has 11 rings (SSSR count). The third-order valence-electron chi connectivity index (χ3n) is 9.93. The second-order valence-electron chi connectivity index (χ2n) is 12.2. The highest BCUT2D eigenvalue weighted by atomic mass is 15.1. The van der Waals surface area contributed by atoms with Crippen molar-refractivity contribution < 1.29 is 0 Å². The predicted molar refractivity (Wildman–Crippen MR) is 190 cm³/mol. The molecule has 0 radical (unpaired) electrons. The van der Waals surface area contributed by atoms with Gasteiger partial charge in [0.25, 0.3) is 0 Å². The van der Waals surface area contributed by atoms with Crippen LogP contribution in [0, 0.1) is 0 Å². The van der Waals surface area contributed by atoms with Crippen LogP contribution in [0.25, 0.3) is 92.9 Å². The molecule has 0 saturated heterocycles. The molecule has 4 aromatic heterocycles. The van der Waals surface area contributed by atoms with E-state index in [0.29, 0.717) is 0 Å². The number of nitrogens with zero attached hydrogens (tertiary/aromatic N) is 3. The Morgan fingerprint density at radius 1 is 0.311 bits per heavy atom. The first-order valence-corrected chi connectivity index (χ1v) is 15.5. The Morgan fingerprint density at radius 2 is 0.822 bits per heavy atom. The van der Waals surface area contributed by atoms with Gasteiger partial charge in [0.2, 0.25) is 0 Å². The van der Waals surface area contributed by atoms with E-state index in [0.717, 1.165) is 5.69 Å². The maximum absolute atomic E-state index is 2.50. The largest absolute Gasteiger partial charge is 0.306 e. The van der Waals surface area contributed by atoms with Gasteiger partial charge in [-0.05, 0) is 74.8 Å². The molecule has 7 aromatic carbocycles. The Morgan fingerprint density at radius 3 is 1.51 bits per heavy atom. The first kappa shape index (κ1) is 23.4. The summed E-state index contributed by atoms with van der Waals surface area (Å²) < 4.78 is 7.43. The van der Waals surface area contributed by atoms with Gasteiger partial charge in [-0.25, -0.2) is 0 Å². The van der Waals surface area contributed by atoms with Gasteiger partial charge in [0.05, 0.1) is 33.1 Å². The van der Waals surface area contributed by atoms with Gasteiger partial charge in [0.1, 0.15) is 5.65 Å². The lowest BCUT2D eigenvalue weighted by Crippen LogP contribution is -2.00. The highest BCUT2D eigenvalue weighted by Gasteiger charge is 2.22. The Hall–Kier alpha value is -6.06. The van der Waals surface area contributed by atoms with Crippen molar-refractivity contribution in [3.63, 3.8) is 0 Å². The molecule has 0 spiro atoms. The Kier molecular flexibility index (Phi) is 4.32. The second-order valence-corrected chi connectivity index (χ2v) is 12.2.